The molecule has 2 rings (SSSR count). The molecule has 0 saturated heterocycles. The molecule has 5 nitrogen and oxygen atoms in total. The van der Waals surface area contributed by atoms with E-state index in [0.717, 1.165) is 6.07 Å². The fourth-order valence-electron chi connectivity index (χ4n) is 1.38. The van der Waals surface area contributed by atoms with Gasteiger partial charge in [0.1, 0.15) is 0 Å². The van der Waals surface area contributed by atoms with E-state index in [1.807, 2.05) is 0 Å². The quantitative estimate of drug-likeness (QED) is 0.889. The maximum absolute atomic E-state index is 12.8. The highest BCUT2D eigenvalue weighted by atomic mass is 35.5. The van der Waals surface area contributed by atoms with E-state index >= 15 is 0 Å². The molecule has 19 heavy (non-hydrogen) atoms. The zero-order valence-electron chi connectivity index (χ0n) is 9.24. The first kappa shape index (κ1) is 13.3. The first-order valence-corrected chi connectivity index (χ1v) is 5.34. The van der Waals surface area contributed by atoms with E-state index in [-0.39, 0.29) is 22.9 Å². The van der Waals surface area contributed by atoms with Gasteiger partial charge >= 0.3 is 6.18 Å². The predicted octanol–water partition coefficient (Wildman–Crippen LogP) is 2.87. The smallest absolute Gasteiger partial charge is 0.368 e. The monoisotopic (exact) mass is 289 g/mol. The number of hydrogen-bond donors (Lipinski definition) is 2. The van der Waals surface area contributed by atoms with E-state index in [1.54, 1.807) is 0 Å². The maximum Gasteiger partial charge on any atom is 0.418 e. The number of nitrogens with two attached hydrogens (primary N) is 1. The molecule has 0 aliphatic rings. The van der Waals surface area contributed by atoms with Crippen LogP contribution in [0.25, 0.3) is 0 Å². The molecule has 0 fully saturated rings. The molecule has 1 aromatic carbocycles. The molecule has 0 radical (unpaired) electrons. The van der Waals surface area contributed by atoms with Crippen molar-refractivity contribution < 1.29 is 13.2 Å². The third kappa shape index (κ3) is 3.22. The van der Waals surface area contributed by atoms with Crippen molar-refractivity contribution in [3.63, 3.8) is 0 Å². The van der Waals surface area contributed by atoms with Crippen LogP contribution in [-0.2, 0) is 6.18 Å². The van der Waals surface area contributed by atoms with Crippen molar-refractivity contribution >= 4 is 29.2 Å². The molecular weight excluding hydrogens is 283 g/mol. The van der Waals surface area contributed by atoms with Gasteiger partial charge in [-0.3, -0.25) is 0 Å². The van der Waals surface area contributed by atoms with Crippen molar-refractivity contribution in [3.05, 3.63) is 35.1 Å². The first-order valence-electron chi connectivity index (χ1n) is 4.96. The number of hydrogen-bond acceptors (Lipinski definition) is 5. The van der Waals surface area contributed by atoms with Gasteiger partial charge in [0.2, 0.25) is 17.2 Å². The number of para-hydroxylation sites is 1. The second-order valence-corrected chi connectivity index (χ2v) is 3.79. The molecule has 0 amide bonds. The van der Waals surface area contributed by atoms with E-state index in [0.29, 0.717) is 0 Å². The number of alkyl halides is 3. The van der Waals surface area contributed by atoms with E-state index in [9.17, 15) is 13.2 Å². The number of rotatable bonds is 2. The topological polar surface area (TPSA) is 76.7 Å². The van der Waals surface area contributed by atoms with Gasteiger partial charge in [-0.05, 0) is 23.7 Å². The Labute approximate surface area is 110 Å². The number of nitrogens with zero attached hydrogens (tertiary/aromatic N) is 3. The SMILES string of the molecule is Nc1nc(Cl)nc(Nc2ccccc2C(F)(F)F)n1. The third-order valence-corrected chi connectivity index (χ3v) is 2.27. The number of nitrogen functional groups attached to an aromatic ring is 1. The number of anilines is 3. The van der Waals surface area contributed by atoms with Crippen LogP contribution < -0.4 is 11.1 Å². The van der Waals surface area contributed by atoms with Gasteiger partial charge in [-0.1, -0.05) is 12.1 Å². The molecular formula is C10H7ClF3N5. The lowest BCUT2D eigenvalue weighted by atomic mass is 10.1. The second kappa shape index (κ2) is 4.88. The molecule has 0 spiro atoms. The second-order valence-electron chi connectivity index (χ2n) is 3.45. The first-order chi connectivity index (χ1) is 8.86. The van der Waals surface area contributed by atoms with Crippen LogP contribution in [0.2, 0.25) is 5.28 Å². The van der Waals surface area contributed by atoms with Crippen molar-refractivity contribution in [2.45, 2.75) is 6.18 Å². The normalized spacial score (nSPS) is 11.4. The lowest BCUT2D eigenvalue weighted by Gasteiger charge is -2.13. The molecule has 0 unspecified atom stereocenters. The Bertz CT molecular complexity index is 582. The average molecular weight is 290 g/mol. The van der Waals surface area contributed by atoms with Crippen molar-refractivity contribution in [1.82, 2.24) is 15.0 Å². The molecule has 3 N–H and O–H groups in total. The number of aromatic nitrogens is 3. The molecule has 2 aromatic rings. The summed E-state index contributed by atoms with van der Waals surface area (Å²) in [5.41, 5.74) is 4.29. The molecule has 1 heterocycles. The van der Waals surface area contributed by atoms with Crippen LogP contribution >= 0.6 is 11.6 Å². The molecule has 0 saturated carbocycles. The lowest BCUT2D eigenvalue weighted by Crippen LogP contribution is -2.10. The van der Waals surface area contributed by atoms with Gasteiger partial charge in [0.05, 0.1) is 11.3 Å². The van der Waals surface area contributed by atoms with Crippen LogP contribution in [0.15, 0.2) is 24.3 Å². The summed E-state index contributed by atoms with van der Waals surface area (Å²) < 4.78 is 38.3. The van der Waals surface area contributed by atoms with Gasteiger partial charge in [0.15, 0.2) is 0 Å². The number of halogens is 4. The average Bonchev–Trinajstić information content (AvgIpc) is 2.26. The Balaban J connectivity index is 2.38. The van der Waals surface area contributed by atoms with Gasteiger partial charge < -0.3 is 11.1 Å². The summed E-state index contributed by atoms with van der Waals surface area (Å²) in [5, 5.41) is 2.21. The van der Waals surface area contributed by atoms with Crippen LogP contribution in [-0.4, -0.2) is 15.0 Å². The van der Waals surface area contributed by atoms with E-state index in [1.165, 1.54) is 18.2 Å². The highest BCUT2D eigenvalue weighted by Crippen LogP contribution is 2.35. The standard InChI is InChI=1S/C10H7ClF3N5/c11-7-17-8(15)19-9(18-7)16-6-4-2-1-3-5(6)10(12,13)14/h1-4H,(H3,15,16,17,18,19). The summed E-state index contributed by atoms with van der Waals surface area (Å²) in [6.45, 7) is 0. The summed E-state index contributed by atoms with van der Waals surface area (Å²) in [5.74, 6) is -0.346. The van der Waals surface area contributed by atoms with Crippen LogP contribution in [0.4, 0.5) is 30.8 Å². The van der Waals surface area contributed by atoms with Crippen molar-refractivity contribution in [1.29, 1.82) is 0 Å². The zero-order valence-corrected chi connectivity index (χ0v) is 10.00. The highest BCUT2D eigenvalue weighted by molar-refractivity contribution is 6.28. The van der Waals surface area contributed by atoms with Gasteiger partial charge in [0, 0.05) is 0 Å². The van der Waals surface area contributed by atoms with Crippen molar-refractivity contribution in [2.75, 3.05) is 11.1 Å². The molecule has 1 aromatic heterocycles. The van der Waals surface area contributed by atoms with Crippen molar-refractivity contribution in [3.8, 4) is 0 Å². The van der Waals surface area contributed by atoms with Gasteiger partial charge in [0.25, 0.3) is 0 Å². The third-order valence-electron chi connectivity index (χ3n) is 2.10. The Kier molecular flexibility index (Phi) is 3.43. The molecule has 0 aliphatic carbocycles. The Morgan fingerprint density at radius 3 is 2.42 bits per heavy atom. The Hall–Kier alpha value is -2.09. The van der Waals surface area contributed by atoms with Crippen molar-refractivity contribution in [2.24, 2.45) is 0 Å². The minimum Gasteiger partial charge on any atom is -0.368 e. The zero-order chi connectivity index (χ0) is 14.0. The fraction of sp³-hybridized carbons (Fsp3) is 0.100. The number of benzene rings is 1. The Morgan fingerprint density at radius 1 is 1.11 bits per heavy atom. The minimum atomic E-state index is -4.49. The van der Waals surface area contributed by atoms with Gasteiger partial charge in [-0.15, -0.1) is 0 Å². The largest absolute Gasteiger partial charge is 0.418 e. The van der Waals surface area contributed by atoms with E-state index in [2.05, 4.69) is 20.3 Å². The Morgan fingerprint density at radius 2 is 1.79 bits per heavy atom. The fourth-order valence-corrected chi connectivity index (χ4v) is 1.55. The molecule has 9 heteroatoms. The van der Waals surface area contributed by atoms with Crippen LogP contribution in [0, 0.1) is 0 Å². The molecule has 100 valence electrons. The lowest BCUT2D eigenvalue weighted by molar-refractivity contribution is -0.136. The van der Waals surface area contributed by atoms with E-state index < -0.39 is 11.7 Å². The maximum atomic E-state index is 12.8. The van der Waals surface area contributed by atoms with Crippen LogP contribution in [0.1, 0.15) is 5.56 Å². The predicted molar refractivity (Wildman–Crippen MR) is 64.0 cm³/mol. The summed E-state index contributed by atoms with van der Waals surface area (Å²) in [6.07, 6.45) is -4.49. The van der Waals surface area contributed by atoms with E-state index in [4.69, 9.17) is 17.3 Å². The van der Waals surface area contributed by atoms with Gasteiger partial charge in [-0.2, -0.15) is 28.1 Å². The summed E-state index contributed by atoms with van der Waals surface area (Å²) in [4.78, 5) is 10.8. The molecule has 0 atom stereocenters. The highest BCUT2D eigenvalue weighted by Gasteiger charge is 2.33. The number of nitrogens with one attached hydrogen (secondary N) is 1. The van der Waals surface area contributed by atoms with Crippen LogP contribution in [0.5, 0.6) is 0 Å². The van der Waals surface area contributed by atoms with Gasteiger partial charge in [-0.25, -0.2) is 0 Å². The molecule has 0 aliphatic heterocycles. The molecule has 0 bridgehead atoms. The summed E-state index contributed by atoms with van der Waals surface area (Å²) in [6, 6.07) is 4.91. The minimum absolute atomic E-state index is 0.158. The van der Waals surface area contributed by atoms with Crippen LogP contribution in [0.3, 0.4) is 0 Å². The summed E-state index contributed by atoms with van der Waals surface area (Å²) in [7, 11) is 0. The summed E-state index contributed by atoms with van der Waals surface area (Å²) >= 11 is 5.54.